The van der Waals surface area contributed by atoms with Crippen LogP contribution in [0.1, 0.15) is 18.4 Å². The van der Waals surface area contributed by atoms with Gasteiger partial charge < -0.3 is 15.5 Å². The van der Waals surface area contributed by atoms with Crippen molar-refractivity contribution < 1.29 is 4.79 Å². The molecular weight excluding hydrogens is 240 g/mol. The molecule has 2 N–H and O–H groups in total. The van der Waals surface area contributed by atoms with E-state index in [-0.39, 0.29) is 5.91 Å². The van der Waals surface area contributed by atoms with Gasteiger partial charge in [-0.15, -0.1) is 0 Å². The van der Waals surface area contributed by atoms with Crippen LogP contribution >= 0.6 is 0 Å². The van der Waals surface area contributed by atoms with E-state index in [1.807, 2.05) is 18.0 Å². The van der Waals surface area contributed by atoms with E-state index in [1.54, 1.807) is 17.0 Å². The number of carbonyl (C=O) groups is 1. The maximum atomic E-state index is 12.1. The zero-order valence-corrected chi connectivity index (χ0v) is 11.1. The second-order valence-electron chi connectivity index (χ2n) is 4.79. The molecule has 5 heteroatoms. The van der Waals surface area contributed by atoms with E-state index in [0.717, 1.165) is 31.6 Å². The number of nitrogens with zero attached hydrogens (tertiary/aromatic N) is 3. The first kappa shape index (κ1) is 13.2. The summed E-state index contributed by atoms with van der Waals surface area (Å²) in [6.45, 7) is 1.99. The second-order valence-corrected chi connectivity index (χ2v) is 4.79. The average Bonchev–Trinajstić information content (AvgIpc) is 2.92. The Bertz CT molecular complexity index is 515. The van der Waals surface area contributed by atoms with Gasteiger partial charge in [0.05, 0.1) is 23.5 Å². The van der Waals surface area contributed by atoms with Crippen LogP contribution in [0.4, 0.5) is 11.4 Å². The van der Waals surface area contributed by atoms with Crippen molar-refractivity contribution in [2.24, 2.45) is 0 Å². The molecule has 5 nitrogen and oxygen atoms in total. The number of para-hydroxylation sites is 1. The quantitative estimate of drug-likeness (QED) is 0.827. The number of benzene rings is 1. The number of rotatable bonds is 3. The van der Waals surface area contributed by atoms with Crippen LogP contribution in [0.3, 0.4) is 0 Å². The molecule has 100 valence electrons. The van der Waals surface area contributed by atoms with Crippen LogP contribution in [0.5, 0.6) is 0 Å². The third kappa shape index (κ3) is 2.79. The molecule has 19 heavy (non-hydrogen) atoms. The molecule has 0 spiro atoms. The molecule has 1 aromatic rings. The number of likely N-dealkylation sites (tertiary alicyclic amines) is 1. The van der Waals surface area contributed by atoms with E-state index >= 15 is 0 Å². The summed E-state index contributed by atoms with van der Waals surface area (Å²) in [5.74, 6) is 0.113. The highest BCUT2D eigenvalue weighted by Gasteiger charge is 2.20. The van der Waals surface area contributed by atoms with Gasteiger partial charge in [-0.05, 0) is 25.0 Å². The zero-order valence-electron chi connectivity index (χ0n) is 11.1. The number of likely N-dealkylation sites (N-methyl/N-ethyl adjacent to an activating group) is 1. The lowest BCUT2D eigenvalue weighted by molar-refractivity contribution is -0.128. The third-order valence-corrected chi connectivity index (χ3v) is 3.45. The minimum absolute atomic E-state index is 0.113. The number of nitriles is 1. The van der Waals surface area contributed by atoms with Crippen LogP contribution in [0.25, 0.3) is 0 Å². The highest BCUT2D eigenvalue weighted by atomic mass is 16.2. The van der Waals surface area contributed by atoms with Crippen molar-refractivity contribution >= 4 is 17.3 Å². The molecule has 0 aliphatic carbocycles. The number of hydrogen-bond donors (Lipinski definition) is 1. The van der Waals surface area contributed by atoms with Crippen LogP contribution in [0, 0.1) is 11.3 Å². The number of carbonyl (C=O) groups excluding carboxylic acids is 1. The molecule has 1 aliphatic rings. The van der Waals surface area contributed by atoms with E-state index in [2.05, 4.69) is 6.07 Å². The highest BCUT2D eigenvalue weighted by molar-refractivity contribution is 5.84. The lowest BCUT2D eigenvalue weighted by atomic mass is 10.1. The number of nitrogens with two attached hydrogens (primary N) is 1. The molecule has 1 aromatic carbocycles. The van der Waals surface area contributed by atoms with Crippen molar-refractivity contribution in [3.8, 4) is 6.07 Å². The van der Waals surface area contributed by atoms with Gasteiger partial charge in [0.2, 0.25) is 5.91 Å². The number of nitrogen functional groups attached to an aromatic ring is 1. The SMILES string of the molecule is CN(CC(=O)N1CCCC1)c1cccc(C#N)c1N. The molecular formula is C14H18N4O. The first-order valence-corrected chi connectivity index (χ1v) is 6.41. The summed E-state index contributed by atoms with van der Waals surface area (Å²) >= 11 is 0. The number of anilines is 2. The van der Waals surface area contributed by atoms with Crippen molar-refractivity contribution in [1.82, 2.24) is 4.90 Å². The van der Waals surface area contributed by atoms with Crippen molar-refractivity contribution in [3.05, 3.63) is 23.8 Å². The monoisotopic (exact) mass is 258 g/mol. The summed E-state index contributed by atoms with van der Waals surface area (Å²) in [4.78, 5) is 15.8. The van der Waals surface area contributed by atoms with Gasteiger partial charge in [0.15, 0.2) is 0 Å². The van der Waals surface area contributed by atoms with Crippen LogP contribution in [0.15, 0.2) is 18.2 Å². The molecule has 0 bridgehead atoms. The molecule has 1 aliphatic heterocycles. The summed E-state index contributed by atoms with van der Waals surface area (Å²) < 4.78 is 0. The molecule has 2 rings (SSSR count). The predicted molar refractivity (Wildman–Crippen MR) is 74.7 cm³/mol. The molecule has 0 atom stereocenters. The fraction of sp³-hybridized carbons (Fsp3) is 0.429. The van der Waals surface area contributed by atoms with Gasteiger partial charge >= 0.3 is 0 Å². The predicted octanol–water partition coefficient (Wildman–Crippen LogP) is 1.20. The van der Waals surface area contributed by atoms with E-state index in [4.69, 9.17) is 11.0 Å². The summed E-state index contributed by atoms with van der Waals surface area (Å²) in [5, 5.41) is 8.96. The van der Waals surface area contributed by atoms with Crippen molar-refractivity contribution in [2.45, 2.75) is 12.8 Å². The van der Waals surface area contributed by atoms with Crippen LogP contribution in [-0.4, -0.2) is 37.5 Å². The molecule has 1 heterocycles. The number of amides is 1. The van der Waals surface area contributed by atoms with Gasteiger partial charge in [0, 0.05) is 20.1 Å². The standard InChI is InChI=1S/C14H18N4O/c1-17(10-13(19)18-7-2-3-8-18)12-6-4-5-11(9-15)14(12)16/h4-6H,2-3,7-8,10,16H2,1H3. The Morgan fingerprint density at radius 1 is 1.47 bits per heavy atom. The van der Waals surface area contributed by atoms with E-state index in [1.165, 1.54) is 0 Å². The van der Waals surface area contributed by atoms with Crippen molar-refractivity contribution in [2.75, 3.05) is 37.3 Å². The Hall–Kier alpha value is -2.22. The van der Waals surface area contributed by atoms with Crippen molar-refractivity contribution in [3.63, 3.8) is 0 Å². The zero-order chi connectivity index (χ0) is 13.8. The van der Waals surface area contributed by atoms with Crippen LogP contribution in [-0.2, 0) is 4.79 Å². The minimum atomic E-state index is 0.113. The first-order chi connectivity index (χ1) is 9.13. The summed E-state index contributed by atoms with van der Waals surface area (Å²) in [6, 6.07) is 7.33. The number of hydrogen-bond acceptors (Lipinski definition) is 4. The Balaban J connectivity index is 2.09. The van der Waals surface area contributed by atoms with Gasteiger partial charge in [0.1, 0.15) is 6.07 Å². The summed E-state index contributed by atoms with van der Waals surface area (Å²) in [7, 11) is 1.82. The second kappa shape index (κ2) is 5.61. The first-order valence-electron chi connectivity index (χ1n) is 6.41. The van der Waals surface area contributed by atoms with Gasteiger partial charge in [-0.3, -0.25) is 4.79 Å². The van der Waals surface area contributed by atoms with E-state index in [9.17, 15) is 4.79 Å². The highest BCUT2D eigenvalue weighted by Crippen LogP contribution is 2.25. The normalized spacial score (nSPS) is 14.2. The van der Waals surface area contributed by atoms with Gasteiger partial charge in [0.25, 0.3) is 0 Å². The summed E-state index contributed by atoms with van der Waals surface area (Å²) in [5.41, 5.74) is 7.54. The maximum Gasteiger partial charge on any atom is 0.242 e. The summed E-state index contributed by atoms with van der Waals surface area (Å²) in [6.07, 6.45) is 2.17. The Labute approximate surface area is 113 Å². The van der Waals surface area contributed by atoms with Gasteiger partial charge in [-0.1, -0.05) is 6.07 Å². The molecule has 1 saturated heterocycles. The van der Waals surface area contributed by atoms with Crippen LogP contribution in [0.2, 0.25) is 0 Å². The molecule has 1 fully saturated rings. The third-order valence-electron chi connectivity index (χ3n) is 3.45. The fourth-order valence-electron chi connectivity index (χ4n) is 2.34. The molecule has 0 unspecified atom stereocenters. The molecule has 1 amide bonds. The molecule has 0 saturated carbocycles. The minimum Gasteiger partial charge on any atom is -0.396 e. The topological polar surface area (TPSA) is 73.4 Å². The Kier molecular flexibility index (Phi) is 3.91. The van der Waals surface area contributed by atoms with Crippen LogP contribution < -0.4 is 10.6 Å². The van der Waals surface area contributed by atoms with Gasteiger partial charge in [-0.25, -0.2) is 0 Å². The van der Waals surface area contributed by atoms with Gasteiger partial charge in [-0.2, -0.15) is 5.26 Å². The fourth-order valence-corrected chi connectivity index (χ4v) is 2.34. The Morgan fingerprint density at radius 2 is 2.16 bits per heavy atom. The largest absolute Gasteiger partial charge is 0.396 e. The smallest absolute Gasteiger partial charge is 0.242 e. The van der Waals surface area contributed by atoms with E-state index < -0.39 is 0 Å². The average molecular weight is 258 g/mol. The lowest BCUT2D eigenvalue weighted by Gasteiger charge is -2.24. The van der Waals surface area contributed by atoms with E-state index in [0.29, 0.717) is 17.8 Å². The Morgan fingerprint density at radius 3 is 2.79 bits per heavy atom. The lowest BCUT2D eigenvalue weighted by Crippen LogP contribution is -2.37. The van der Waals surface area contributed by atoms with Crippen molar-refractivity contribution in [1.29, 1.82) is 5.26 Å². The molecule has 0 radical (unpaired) electrons. The maximum absolute atomic E-state index is 12.1. The molecule has 0 aromatic heterocycles.